The molecular weight excluding hydrogens is 238 g/mol. The molecule has 96 valence electrons. The maximum absolute atomic E-state index is 11.7. The van der Waals surface area contributed by atoms with Crippen LogP contribution < -0.4 is 10.9 Å². The molecule has 17 heavy (non-hydrogen) atoms. The summed E-state index contributed by atoms with van der Waals surface area (Å²) in [5.74, 6) is 0. The summed E-state index contributed by atoms with van der Waals surface area (Å²) in [6, 6.07) is 0. The maximum atomic E-state index is 11.7. The van der Waals surface area contributed by atoms with Gasteiger partial charge in [0.25, 0.3) is 5.56 Å². The zero-order valence-electron chi connectivity index (χ0n) is 10.9. The van der Waals surface area contributed by atoms with Gasteiger partial charge >= 0.3 is 0 Å². The van der Waals surface area contributed by atoms with Gasteiger partial charge in [-0.05, 0) is 18.8 Å². The van der Waals surface area contributed by atoms with E-state index < -0.39 is 0 Å². The van der Waals surface area contributed by atoms with Crippen LogP contribution in [0.3, 0.4) is 0 Å². The van der Waals surface area contributed by atoms with Crippen LogP contribution in [0.4, 0.5) is 5.69 Å². The number of nitrogens with one attached hydrogen (secondary N) is 1. The molecule has 0 atom stereocenters. The quantitative estimate of drug-likeness (QED) is 0.902. The van der Waals surface area contributed by atoms with E-state index in [0.717, 1.165) is 13.0 Å². The zero-order valence-corrected chi connectivity index (χ0v) is 11.6. The molecule has 1 heterocycles. The van der Waals surface area contributed by atoms with Crippen LogP contribution in [0.25, 0.3) is 0 Å². The summed E-state index contributed by atoms with van der Waals surface area (Å²) in [6.07, 6.45) is 2.61. The first-order valence-electron chi connectivity index (χ1n) is 5.84. The van der Waals surface area contributed by atoms with Gasteiger partial charge in [-0.1, -0.05) is 32.4 Å². The Bertz CT molecular complexity index is 434. The third kappa shape index (κ3) is 4.04. The predicted molar refractivity (Wildman–Crippen MR) is 71.7 cm³/mol. The molecule has 0 aliphatic rings. The molecule has 1 aromatic rings. The van der Waals surface area contributed by atoms with Gasteiger partial charge in [-0.15, -0.1) is 0 Å². The van der Waals surface area contributed by atoms with E-state index in [0.29, 0.717) is 12.2 Å². The lowest BCUT2D eigenvalue weighted by Gasteiger charge is -2.18. The smallest absolute Gasteiger partial charge is 0.287 e. The van der Waals surface area contributed by atoms with Crippen LogP contribution in [0.1, 0.15) is 34.1 Å². The first-order valence-corrected chi connectivity index (χ1v) is 6.22. The molecule has 0 saturated carbocycles. The molecule has 0 radical (unpaired) electrons. The SMILES string of the molecule is CCn1ncc(NCCC(C)(C)C)c(Cl)c1=O. The number of halogens is 1. The fraction of sp³-hybridized carbons (Fsp3) is 0.667. The first-order chi connectivity index (χ1) is 7.85. The molecule has 1 N–H and O–H groups in total. The Morgan fingerprint density at radius 1 is 1.47 bits per heavy atom. The highest BCUT2D eigenvalue weighted by atomic mass is 35.5. The third-order valence-electron chi connectivity index (χ3n) is 2.47. The molecule has 0 spiro atoms. The van der Waals surface area contributed by atoms with E-state index in [4.69, 9.17) is 11.6 Å². The summed E-state index contributed by atoms with van der Waals surface area (Å²) in [5.41, 5.74) is 0.631. The summed E-state index contributed by atoms with van der Waals surface area (Å²) < 4.78 is 1.34. The maximum Gasteiger partial charge on any atom is 0.287 e. The highest BCUT2D eigenvalue weighted by Crippen LogP contribution is 2.20. The second kappa shape index (κ2) is 5.54. The van der Waals surface area contributed by atoms with Gasteiger partial charge in [0.1, 0.15) is 5.02 Å². The lowest BCUT2D eigenvalue weighted by Crippen LogP contribution is -2.24. The molecule has 0 aromatic carbocycles. The molecule has 0 unspecified atom stereocenters. The van der Waals surface area contributed by atoms with E-state index >= 15 is 0 Å². The van der Waals surface area contributed by atoms with Crippen LogP contribution in [0.15, 0.2) is 11.0 Å². The van der Waals surface area contributed by atoms with Crippen molar-refractivity contribution in [3.63, 3.8) is 0 Å². The van der Waals surface area contributed by atoms with Gasteiger partial charge in [-0.2, -0.15) is 5.10 Å². The molecule has 1 aromatic heterocycles. The van der Waals surface area contributed by atoms with E-state index in [1.165, 1.54) is 4.68 Å². The molecule has 0 bridgehead atoms. The van der Waals surface area contributed by atoms with Crippen LogP contribution in [0, 0.1) is 5.41 Å². The van der Waals surface area contributed by atoms with E-state index in [-0.39, 0.29) is 16.0 Å². The van der Waals surface area contributed by atoms with Crippen molar-refractivity contribution in [1.82, 2.24) is 9.78 Å². The molecule has 5 heteroatoms. The minimum atomic E-state index is -0.241. The number of rotatable bonds is 4. The molecule has 0 aliphatic heterocycles. The van der Waals surface area contributed by atoms with Crippen LogP contribution in [-0.2, 0) is 6.54 Å². The summed E-state index contributed by atoms with van der Waals surface area (Å²) >= 11 is 5.99. The predicted octanol–water partition coefficient (Wildman–Crippen LogP) is 2.76. The van der Waals surface area contributed by atoms with E-state index in [1.54, 1.807) is 6.20 Å². The van der Waals surface area contributed by atoms with Gasteiger partial charge in [0.2, 0.25) is 0 Å². The van der Waals surface area contributed by atoms with E-state index in [1.807, 2.05) is 6.92 Å². The molecule has 0 aliphatic carbocycles. The average Bonchev–Trinajstić information content (AvgIpc) is 2.23. The molecule has 4 nitrogen and oxygen atoms in total. The number of aromatic nitrogens is 2. The Morgan fingerprint density at radius 2 is 2.12 bits per heavy atom. The summed E-state index contributed by atoms with van der Waals surface area (Å²) in [4.78, 5) is 11.7. The van der Waals surface area contributed by atoms with Crippen LogP contribution in [-0.4, -0.2) is 16.3 Å². The fourth-order valence-corrected chi connectivity index (χ4v) is 1.60. The van der Waals surface area contributed by atoms with Crippen molar-refractivity contribution in [1.29, 1.82) is 0 Å². The Morgan fingerprint density at radius 3 is 2.65 bits per heavy atom. The summed E-state index contributed by atoms with van der Waals surface area (Å²) in [5, 5.41) is 7.40. The number of hydrogen-bond donors (Lipinski definition) is 1. The lowest BCUT2D eigenvalue weighted by atomic mass is 9.92. The number of anilines is 1. The van der Waals surface area contributed by atoms with Crippen LogP contribution in [0.2, 0.25) is 5.02 Å². The van der Waals surface area contributed by atoms with Gasteiger partial charge in [-0.25, -0.2) is 4.68 Å². The highest BCUT2D eigenvalue weighted by molar-refractivity contribution is 6.32. The second-order valence-electron chi connectivity index (χ2n) is 5.23. The topological polar surface area (TPSA) is 46.9 Å². The fourth-order valence-electron chi connectivity index (χ4n) is 1.39. The minimum Gasteiger partial charge on any atom is -0.382 e. The molecular formula is C12H20ClN3O. The Hall–Kier alpha value is -1.03. The monoisotopic (exact) mass is 257 g/mol. The minimum absolute atomic E-state index is 0.218. The number of aryl methyl sites for hydroxylation is 1. The van der Waals surface area contributed by atoms with Crippen molar-refractivity contribution in [2.75, 3.05) is 11.9 Å². The standard InChI is InChI=1S/C12H20ClN3O/c1-5-16-11(17)10(13)9(8-15-16)14-7-6-12(2,3)4/h8,14H,5-7H2,1-4H3. The van der Waals surface area contributed by atoms with Crippen molar-refractivity contribution >= 4 is 17.3 Å². The van der Waals surface area contributed by atoms with E-state index in [9.17, 15) is 4.79 Å². The molecule has 1 rings (SSSR count). The van der Waals surface area contributed by atoms with Gasteiger partial charge < -0.3 is 5.32 Å². The van der Waals surface area contributed by atoms with Gasteiger partial charge in [-0.3, -0.25) is 4.79 Å². The van der Waals surface area contributed by atoms with Crippen molar-refractivity contribution in [3.05, 3.63) is 21.6 Å². The second-order valence-corrected chi connectivity index (χ2v) is 5.61. The molecule has 0 fully saturated rings. The largest absolute Gasteiger partial charge is 0.382 e. The number of hydrogen-bond acceptors (Lipinski definition) is 3. The van der Waals surface area contributed by atoms with Gasteiger partial charge in [0.15, 0.2) is 0 Å². The average molecular weight is 258 g/mol. The summed E-state index contributed by atoms with van der Waals surface area (Å²) in [7, 11) is 0. The van der Waals surface area contributed by atoms with Crippen LogP contribution >= 0.6 is 11.6 Å². The van der Waals surface area contributed by atoms with Gasteiger partial charge in [0, 0.05) is 13.1 Å². The normalized spacial score (nSPS) is 11.6. The van der Waals surface area contributed by atoms with Gasteiger partial charge in [0.05, 0.1) is 11.9 Å². The summed E-state index contributed by atoms with van der Waals surface area (Å²) in [6.45, 7) is 9.68. The first kappa shape index (κ1) is 14.0. The third-order valence-corrected chi connectivity index (χ3v) is 2.84. The molecule has 0 amide bonds. The van der Waals surface area contributed by atoms with Crippen molar-refractivity contribution < 1.29 is 0 Å². The molecule has 0 saturated heterocycles. The Kier molecular flexibility index (Phi) is 4.57. The van der Waals surface area contributed by atoms with Crippen molar-refractivity contribution in [2.45, 2.75) is 40.7 Å². The van der Waals surface area contributed by atoms with Crippen molar-refractivity contribution in [2.24, 2.45) is 5.41 Å². The Labute approximate surface area is 107 Å². The Balaban J connectivity index is 2.74. The number of nitrogens with zero attached hydrogens (tertiary/aromatic N) is 2. The highest BCUT2D eigenvalue weighted by Gasteiger charge is 2.11. The van der Waals surface area contributed by atoms with E-state index in [2.05, 4.69) is 31.2 Å². The zero-order chi connectivity index (χ0) is 13.1. The van der Waals surface area contributed by atoms with Crippen LogP contribution in [0.5, 0.6) is 0 Å². The van der Waals surface area contributed by atoms with Crippen molar-refractivity contribution in [3.8, 4) is 0 Å². The lowest BCUT2D eigenvalue weighted by molar-refractivity contribution is 0.389.